The van der Waals surface area contributed by atoms with Gasteiger partial charge in [0, 0.05) is 30.0 Å². The van der Waals surface area contributed by atoms with Gasteiger partial charge in [-0.25, -0.2) is 4.98 Å². The van der Waals surface area contributed by atoms with Gasteiger partial charge in [0.25, 0.3) is 5.91 Å². The van der Waals surface area contributed by atoms with E-state index >= 15 is 0 Å². The van der Waals surface area contributed by atoms with Crippen molar-refractivity contribution in [2.75, 3.05) is 5.32 Å². The lowest BCUT2D eigenvalue weighted by atomic mass is 10.1. The first kappa shape index (κ1) is 20.2. The summed E-state index contributed by atoms with van der Waals surface area (Å²) >= 11 is 6.01. The van der Waals surface area contributed by atoms with Crippen LogP contribution in [0.5, 0.6) is 5.75 Å². The minimum Gasteiger partial charge on any atom is -0.434 e. The van der Waals surface area contributed by atoms with Crippen molar-refractivity contribution in [3.05, 3.63) is 53.2 Å². The zero-order valence-corrected chi connectivity index (χ0v) is 15.7. The molecule has 150 valence electrons. The zero-order chi connectivity index (χ0) is 21.0. The Labute approximate surface area is 168 Å². The van der Waals surface area contributed by atoms with E-state index in [4.69, 9.17) is 17.0 Å². The third kappa shape index (κ3) is 4.85. The average Bonchev–Trinajstić information content (AvgIpc) is 3.27. The summed E-state index contributed by atoms with van der Waals surface area (Å²) in [6, 6.07) is 4.15. The Morgan fingerprint density at radius 3 is 2.97 bits per heavy atom. The number of nitrogens with zero attached hydrogens (tertiary/aromatic N) is 3. The number of nitrogens with one attached hydrogen (secondary N) is 3. The van der Waals surface area contributed by atoms with Crippen LogP contribution in [-0.2, 0) is 7.05 Å². The smallest absolute Gasteiger partial charge is 0.387 e. The van der Waals surface area contributed by atoms with E-state index in [9.17, 15) is 13.6 Å². The number of anilines is 1. The first-order chi connectivity index (χ1) is 13.9. The summed E-state index contributed by atoms with van der Waals surface area (Å²) in [5.41, 5.74) is 0.847. The zero-order valence-electron chi connectivity index (χ0n) is 15.0. The van der Waals surface area contributed by atoms with E-state index in [0.29, 0.717) is 10.8 Å². The number of alkyl halides is 2. The van der Waals surface area contributed by atoms with Crippen LogP contribution in [0.2, 0.25) is 5.02 Å². The standard InChI is InChI=1S/C18H15ClF2N6O2/c1-27-9-13(25-17(28)12-8-23-15(24-12)3-2-6-22)16(26-27)11-7-10(19)4-5-14(11)29-18(20)21/h2-9,18,22H,1H3,(H,23,24)(H,25,28)/b3-2-,22-6?. The van der Waals surface area contributed by atoms with Crippen molar-refractivity contribution in [2.45, 2.75) is 6.61 Å². The summed E-state index contributed by atoms with van der Waals surface area (Å²) in [6.45, 7) is -3.03. The van der Waals surface area contributed by atoms with Crippen molar-refractivity contribution in [3.63, 3.8) is 0 Å². The van der Waals surface area contributed by atoms with Gasteiger partial charge in [0.2, 0.25) is 0 Å². The monoisotopic (exact) mass is 420 g/mol. The number of aromatic amines is 1. The molecule has 0 aliphatic carbocycles. The number of carbonyl (C=O) groups is 1. The first-order valence-electron chi connectivity index (χ1n) is 8.19. The molecule has 29 heavy (non-hydrogen) atoms. The molecule has 11 heteroatoms. The lowest BCUT2D eigenvalue weighted by molar-refractivity contribution is -0.0494. The molecule has 0 aliphatic rings. The second-order valence-electron chi connectivity index (χ2n) is 5.75. The van der Waals surface area contributed by atoms with Gasteiger partial charge in [-0.05, 0) is 30.4 Å². The predicted molar refractivity (Wildman–Crippen MR) is 105 cm³/mol. The van der Waals surface area contributed by atoms with Crippen molar-refractivity contribution in [1.29, 1.82) is 5.41 Å². The van der Waals surface area contributed by atoms with E-state index in [1.165, 1.54) is 47.4 Å². The summed E-state index contributed by atoms with van der Waals surface area (Å²) in [5.74, 6) is -0.244. The molecule has 0 saturated carbocycles. The van der Waals surface area contributed by atoms with Crippen LogP contribution in [-0.4, -0.2) is 38.5 Å². The number of ether oxygens (including phenoxy) is 1. The van der Waals surface area contributed by atoms with E-state index in [2.05, 4.69) is 25.1 Å². The lowest BCUT2D eigenvalue weighted by Crippen LogP contribution is -2.12. The number of aromatic nitrogens is 4. The number of halogens is 3. The van der Waals surface area contributed by atoms with Crippen molar-refractivity contribution < 1.29 is 18.3 Å². The Bertz CT molecular complexity index is 1080. The highest BCUT2D eigenvalue weighted by Crippen LogP contribution is 2.36. The lowest BCUT2D eigenvalue weighted by Gasteiger charge is -2.11. The highest BCUT2D eigenvalue weighted by molar-refractivity contribution is 6.31. The molecule has 0 fully saturated rings. The number of allylic oxidation sites excluding steroid dienone is 1. The third-order valence-corrected chi connectivity index (χ3v) is 3.92. The third-order valence-electron chi connectivity index (χ3n) is 3.68. The second kappa shape index (κ2) is 8.65. The van der Waals surface area contributed by atoms with E-state index in [1.54, 1.807) is 7.05 Å². The first-order valence-corrected chi connectivity index (χ1v) is 8.57. The Balaban J connectivity index is 1.93. The number of amides is 1. The summed E-state index contributed by atoms with van der Waals surface area (Å²) in [4.78, 5) is 19.4. The Hall–Kier alpha value is -3.53. The van der Waals surface area contributed by atoms with Gasteiger partial charge in [0.1, 0.15) is 23.0 Å². The van der Waals surface area contributed by atoms with Gasteiger partial charge >= 0.3 is 6.61 Å². The van der Waals surface area contributed by atoms with Crippen LogP contribution in [0, 0.1) is 5.41 Å². The van der Waals surface area contributed by atoms with Crippen LogP contribution in [0.4, 0.5) is 14.5 Å². The minimum absolute atomic E-state index is 0.126. The number of carbonyl (C=O) groups excluding carboxylic acids is 1. The fraction of sp³-hybridized carbons (Fsp3) is 0.111. The normalized spacial score (nSPS) is 11.2. The molecule has 1 amide bonds. The molecule has 8 nitrogen and oxygen atoms in total. The maximum Gasteiger partial charge on any atom is 0.387 e. The number of imidazole rings is 1. The van der Waals surface area contributed by atoms with Crippen LogP contribution < -0.4 is 10.1 Å². The SMILES string of the molecule is Cn1cc(NC(=O)c2cnc(/C=C\C=N)[nH]2)c(-c2cc(Cl)ccc2OC(F)F)n1. The number of H-pyrrole nitrogens is 1. The van der Waals surface area contributed by atoms with E-state index in [1.807, 2.05) is 0 Å². The van der Waals surface area contributed by atoms with Gasteiger partial charge in [-0.3, -0.25) is 9.48 Å². The molecule has 3 N–H and O–H groups in total. The van der Waals surface area contributed by atoms with Crippen molar-refractivity contribution >= 4 is 35.5 Å². The molecule has 0 unspecified atom stereocenters. The van der Waals surface area contributed by atoms with Crippen LogP contribution in [0.15, 0.2) is 36.7 Å². The number of benzene rings is 1. The molecular weight excluding hydrogens is 406 g/mol. The number of hydrogen-bond donors (Lipinski definition) is 3. The highest BCUT2D eigenvalue weighted by Gasteiger charge is 2.20. The van der Waals surface area contributed by atoms with Crippen molar-refractivity contribution in [3.8, 4) is 17.0 Å². The largest absolute Gasteiger partial charge is 0.434 e. The number of hydrogen-bond acceptors (Lipinski definition) is 5. The highest BCUT2D eigenvalue weighted by atomic mass is 35.5. The average molecular weight is 421 g/mol. The van der Waals surface area contributed by atoms with E-state index in [-0.39, 0.29) is 28.4 Å². The van der Waals surface area contributed by atoms with Crippen LogP contribution in [0.3, 0.4) is 0 Å². The van der Waals surface area contributed by atoms with Crippen LogP contribution >= 0.6 is 11.6 Å². The predicted octanol–water partition coefficient (Wildman–Crippen LogP) is 3.98. The summed E-state index contributed by atoms with van der Waals surface area (Å²) in [6.07, 6.45) is 6.91. The van der Waals surface area contributed by atoms with E-state index in [0.717, 1.165) is 6.21 Å². The van der Waals surface area contributed by atoms with Gasteiger partial charge in [-0.15, -0.1) is 0 Å². The summed E-state index contributed by atoms with van der Waals surface area (Å²) < 4.78 is 31.5. The summed E-state index contributed by atoms with van der Waals surface area (Å²) in [5, 5.41) is 14.2. The van der Waals surface area contributed by atoms with Crippen molar-refractivity contribution in [1.82, 2.24) is 19.7 Å². The molecule has 0 atom stereocenters. The maximum absolute atomic E-state index is 12.8. The molecule has 3 aromatic rings. The molecule has 0 bridgehead atoms. The fourth-order valence-corrected chi connectivity index (χ4v) is 2.70. The van der Waals surface area contributed by atoms with Gasteiger partial charge < -0.3 is 20.4 Å². The molecule has 2 aromatic heterocycles. The number of rotatable bonds is 7. The Morgan fingerprint density at radius 1 is 1.45 bits per heavy atom. The molecule has 0 aliphatic heterocycles. The minimum atomic E-state index is -3.03. The summed E-state index contributed by atoms with van der Waals surface area (Å²) in [7, 11) is 1.62. The molecular formula is C18H15ClF2N6O2. The van der Waals surface area contributed by atoms with Crippen molar-refractivity contribution in [2.24, 2.45) is 7.05 Å². The molecule has 3 rings (SSSR count). The van der Waals surface area contributed by atoms with Gasteiger partial charge in [-0.1, -0.05) is 11.6 Å². The van der Waals surface area contributed by atoms with Gasteiger partial charge in [-0.2, -0.15) is 13.9 Å². The second-order valence-corrected chi connectivity index (χ2v) is 6.18. The number of aryl methyl sites for hydroxylation is 1. The topological polar surface area (TPSA) is 109 Å². The fourth-order valence-electron chi connectivity index (χ4n) is 2.53. The molecule has 0 saturated heterocycles. The van der Waals surface area contributed by atoms with E-state index < -0.39 is 12.5 Å². The molecule has 0 spiro atoms. The maximum atomic E-state index is 12.8. The quantitative estimate of drug-likeness (QED) is 0.502. The van der Waals surface area contributed by atoms with Gasteiger partial charge in [0.05, 0.1) is 11.9 Å². The van der Waals surface area contributed by atoms with Gasteiger partial charge in [0.15, 0.2) is 0 Å². The molecule has 0 radical (unpaired) electrons. The van der Waals surface area contributed by atoms with Crippen LogP contribution in [0.1, 0.15) is 16.3 Å². The Morgan fingerprint density at radius 2 is 2.24 bits per heavy atom. The molecule has 2 heterocycles. The Kier molecular flexibility index (Phi) is 6.03. The molecule has 1 aromatic carbocycles. The van der Waals surface area contributed by atoms with Crippen LogP contribution in [0.25, 0.3) is 17.3 Å².